The number of benzene rings is 1. The van der Waals surface area contributed by atoms with Crippen LogP contribution < -0.4 is 10.1 Å². The van der Waals surface area contributed by atoms with Crippen molar-refractivity contribution in [3.63, 3.8) is 0 Å². The van der Waals surface area contributed by atoms with Gasteiger partial charge in [0.1, 0.15) is 5.75 Å². The molecule has 0 bridgehead atoms. The lowest BCUT2D eigenvalue weighted by Gasteiger charge is -2.27. The van der Waals surface area contributed by atoms with Gasteiger partial charge in [-0.1, -0.05) is 19.9 Å². The minimum absolute atomic E-state index is 0.504. The zero-order chi connectivity index (χ0) is 12.8. The third kappa shape index (κ3) is 2.14. The van der Waals surface area contributed by atoms with Gasteiger partial charge in [-0.25, -0.2) is 0 Å². The second kappa shape index (κ2) is 4.27. The van der Waals surface area contributed by atoms with E-state index in [1.165, 1.54) is 36.8 Å². The summed E-state index contributed by atoms with van der Waals surface area (Å²) in [6, 6.07) is 7.81. The van der Waals surface area contributed by atoms with Gasteiger partial charge in [0.25, 0.3) is 0 Å². The number of hydrogen-bond acceptors (Lipinski definition) is 2. The smallest absolute Gasteiger partial charge is 0.119 e. The zero-order valence-corrected chi connectivity index (χ0v) is 11.6. The van der Waals surface area contributed by atoms with Crippen molar-refractivity contribution in [3.8, 4) is 5.75 Å². The topological polar surface area (TPSA) is 21.3 Å². The van der Waals surface area contributed by atoms with Crippen LogP contribution in [0.3, 0.4) is 0 Å². The highest BCUT2D eigenvalue weighted by Crippen LogP contribution is 2.46. The Morgan fingerprint density at radius 3 is 2.78 bits per heavy atom. The second-order valence-corrected chi connectivity index (χ2v) is 6.42. The Morgan fingerprint density at radius 1 is 1.33 bits per heavy atom. The average Bonchev–Trinajstić information content (AvgIpc) is 2.96. The van der Waals surface area contributed by atoms with Gasteiger partial charge in [-0.05, 0) is 54.4 Å². The van der Waals surface area contributed by atoms with Crippen molar-refractivity contribution in [2.75, 3.05) is 7.11 Å². The van der Waals surface area contributed by atoms with Gasteiger partial charge < -0.3 is 10.1 Å². The van der Waals surface area contributed by atoms with Crippen molar-refractivity contribution in [3.05, 3.63) is 29.3 Å². The molecule has 2 nitrogen and oxygen atoms in total. The van der Waals surface area contributed by atoms with E-state index in [9.17, 15) is 0 Å². The minimum Gasteiger partial charge on any atom is -0.497 e. The molecule has 18 heavy (non-hydrogen) atoms. The second-order valence-electron chi connectivity index (χ2n) is 6.42. The molecule has 1 aromatic carbocycles. The van der Waals surface area contributed by atoms with Gasteiger partial charge >= 0.3 is 0 Å². The lowest BCUT2D eigenvalue weighted by atomic mass is 9.87. The average molecular weight is 245 g/mol. The highest BCUT2D eigenvalue weighted by Gasteiger charge is 2.46. The predicted octanol–water partition coefficient (Wildman–Crippen LogP) is 3.46. The van der Waals surface area contributed by atoms with E-state index in [-0.39, 0.29) is 0 Å². The molecule has 0 heterocycles. The summed E-state index contributed by atoms with van der Waals surface area (Å²) in [6.45, 7) is 4.70. The van der Waals surface area contributed by atoms with Crippen LogP contribution in [0.15, 0.2) is 18.2 Å². The van der Waals surface area contributed by atoms with E-state index in [0.717, 1.165) is 5.75 Å². The molecule has 0 amide bonds. The van der Waals surface area contributed by atoms with Crippen molar-refractivity contribution >= 4 is 0 Å². The van der Waals surface area contributed by atoms with Crippen molar-refractivity contribution in [2.24, 2.45) is 5.41 Å². The molecule has 3 rings (SSSR count). The van der Waals surface area contributed by atoms with E-state index in [1.807, 2.05) is 0 Å². The van der Waals surface area contributed by atoms with Crippen molar-refractivity contribution in [2.45, 2.75) is 51.6 Å². The molecule has 0 spiro atoms. The first-order valence-electron chi connectivity index (χ1n) is 7.03. The molecule has 2 atom stereocenters. The Bertz CT molecular complexity index is 452. The predicted molar refractivity (Wildman–Crippen MR) is 74.0 cm³/mol. The van der Waals surface area contributed by atoms with Crippen LogP contribution in [-0.4, -0.2) is 13.2 Å². The van der Waals surface area contributed by atoms with Crippen molar-refractivity contribution in [1.29, 1.82) is 0 Å². The number of fused-ring (bicyclic) bond motifs is 1. The molecule has 2 aliphatic rings. The van der Waals surface area contributed by atoms with Gasteiger partial charge in [0.2, 0.25) is 0 Å². The van der Waals surface area contributed by atoms with E-state index in [1.54, 1.807) is 7.11 Å². The number of hydrogen-bond donors (Lipinski definition) is 1. The van der Waals surface area contributed by atoms with Crippen LogP contribution in [0.4, 0.5) is 0 Å². The Hall–Kier alpha value is -1.02. The lowest BCUT2D eigenvalue weighted by molar-refractivity contribution is 0.406. The molecule has 2 unspecified atom stereocenters. The Balaban J connectivity index is 1.79. The lowest BCUT2D eigenvalue weighted by Crippen LogP contribution is -2.29. The zero-order valence-electron chi connectivity index (χ0n) is 11.6. The number of ether oxygens (including phenoxy) is 1. The maximum Gasteiger partial charge on any atom is 0.119 e. The first-order valence-corrected chi connectivity index (χ1v) is 7.03. The molecule has 2 heteroatoms. The third-order valence-corrected chi connectivity index (χ3v) is 4.58. The maximum absolute atomic E-state index is 5.32. The van der Waals surface area contributed by atoms with Gasteiger partial charge in [0, 0.05) is 12.1 Å². The highest BCUT2D eigenvalue weighted by atomic mass is 16.5. The van der Waals surface area contributed by atoms with Gasteiger partial charge in [-0.2, -0.15) is 0 Å². The molecule has 0 saturated heterocycles. The normalized spacial score (nSPS) is 28.6. The Labute approximate surface area is 110 Å². The van der Waals surface area contributed by atoms with E-state index in [0.29, 0.717) is 17.5 Å². The molecular weight excluding hydrogens is 222 g/mol. The van der Waals surface area contributed by atoms with Crippen LogP contribution in [0.5, 0.6) is 5.75 Å². The maximum atomic E-state index is 5.32. The van der Waals surface area contributed by atoms with E-state index in [2.05, 4.69) is 37.4 Å². The van der Waals surface area contributed by atoms with Gasteiger partial charge in [-0.15, -0.1) is 0 Å². The summed E-state index contributed by atoms with van der Waals surface area (Å²) in [5.41, 5.74) is 3.46. The molecular formula is C16H23NO. The van der Waals surface area contributed by atoms with Gasteiger partial charge in [-0.3, -0.25) is 0 Å². The summed E-state index contributed by atoms with van der Waals surface area (Å²) in [5, 5.41) is 3.84. The fourth-order valence-corrected chi connectivity index (χ4v) is 3.09. The summed E-state index contributed by atoms with van der Waals surface area (Å²) < 4.78 is 5.32. The Kier molecular flexibility index (Phi) is 2.86. The van der Waals surface area contributed by atoms with Crippen LogP contribution >= 0.6 is 0 Å². The number of nitrogens with one attached hydrogen (secondary N) is 1. The molecule has 0 aliphatic heterocycles. The van der Waals surface area contributed by atoms with Crippen molar-refractivity contribution in [1.82, 2.24) is 5.32 Å². The summed E-state index contributed by atoms with van der Waals surface area (Å²) in [7, 11) is 1.74. The van der Waals surface area contributed by atoms with Gasteiger partial charge in [0.05, 0.1) is 7.11 Å². The molecule has 1 saturated carbocycles. The summed E-state index contributed by atoms with van der Waals surface area (Å²) >= 11 is 0. The quantitative estimate of drug-likeness (QED) is 0.880. The van der Waals surface area contributed by atoms with E-state index >= 15 is 0 Å². The third-order valence-electron chi connectivity index (χ3n) is 4.58. The van der Waals surface area contributed by atoms with Crippen molar-refractivity contribution < 1.29 is 4.74 Å². The number of aryl methyl sites for hydroxylation is 1. The van der Waals surface area contributed by atoms with Crippen LogP contribution in [0.1, 0.15) is 50.3 Å². The Morgan fingerprint density at radius 2 is 2.11 bits per heavy atom. The van der Waals surface area contributed by atoms with Gasteiger partial charge in [0.15, 0.2) is 0 Å². The summed E-state index contributed by atoms with van der Waals surface area (Å²) in [6.07, 6.45) is 5.06. The molecule has 98 valence electrons. The molecule has 2 aliphatic carbocycles. The largest absolute Gasteiger partial charge is 0.497 e. The first-order chi connectivity index (χ1) is 8.60. The van der Waals surface area contributed by atoms with Crippen LogP contribution in [0, 0.1) is 5.41 Å². The van der Waals surface area contributed by atoms with Crippen LogP contribution in [-0.2, 0) is 6.42 Å². The fraction of sp³-hybridized carbons (Fsp3) is 0.625. The first kappa shape index (κ1) is 12.0. The van der Waals surface area contributed by atoms with E-state index in [4.69, 9.17) is 4.74 Å². The number of methoxy groups -OCH3 is 1. The molecule has 0 radical (unpaired) electrons. The minimum atomic E-state index is 0.504. The fourth-order valence-electron chi connectivity index (χ4n) is 3.09. The monoisotopic (exact) mass is 245 g/mol. The molecule has 0 aromatic heterocycles. The highest BCUT2D eigenvalue weighted by molar-refractivity contribution is 5.39. The molecule has 1 N–H and O–H groups in total. The van der Waals surface area contributed by atoms with Crippen LogP contribution in [0.2, 0.25) is 0 Å². The standard InChI is InChI=1S/C16H23NO/c1-16(2)10-15(16)17-14-6-4-5-11-9-12(18-3)7-8-13(11)14/h7-9,14-15,17H,4-6,10H2,1-3H3. The molecule has 1 aromatic rings. The summed E-state index contributed by atoms with van der Waals surface area (Å²) in [5.74, 6) is 0.987. The number of rotatable bonds is 3. The van der Waals surface area contributed by atoms with E-state index < -0.39 is 0 Å². The van der Waals surface area contributed by atoms with Crippen LogP contribution in [0.25, 0.3) is 0 Å². The molecule has 1 fully saturated rings. The SMILES string of the molecule is COc1ccc2c(c1)CCCC2NC1CC1(C)C. The summed E-state index contributed by atoms with van der Waals surface area (Å²) in [4.78, 5) is 0.